The van der Waals surface area contributed by atoms with E-state index in [0.717, 1.165) is 28.8 Å². The van der Waals surface area contributed by atoms with Crippen LogP contribution in [0.15, 0.2) is 11.4 Å². The number of thiazole rings is 1. The average molecular weight is 306 g/mol. The summed E-state index contributed by atoms with van der Waals surface area (Å²) in [6, 6.07) is 1.91. The van der Waals surface area contributed by atoms with Gasteiger partial charge in [-0.1, -0.05) is 20.8 Å². The summed E-state index contributed by atoms with van der Waals surface area (Å²) in [6.07, 6.45) is 0. The van der Waals surface area contributed by atoms with Gasteiger partial charge in [-0.15, -0.1) is 11.3 Å². The minimum atomic E-state index is 0.0392. The molecule has 0 aromatic carbocycles. The Kier molecular flexibility index (Phi) is 4.90. The zero-order valence-electron chi connectivity index (χ0n) is 13.2. The second-order valence-corrected chi connectivity index (χ2v) is 6.68. The summed E-state index contributed by atoms with van der Waals surface area (Å²) >= 11 is 1.65. The van der Waals surface area contributed by atoms with Crippen LogP contribution in [0.2, 0.25) is 0 Å². The fourth-order valence-corrected chi connectivity index (χ4v) is 2.71. The maximum absolute atomic E-state index is 5.18. The van der Waals surface area contributed by atoms with Gasteiger partial charge in [0.2, 0.25) is 0 Å². The first-order valence-corrected chi connectivity index (χ1v) is 7.89. The molecule has 0 aliphatic carbocycles. The van der Waals surface area contributed by atoms with Crippen molar-refractivity contribution < 1.29 is 4.74 Å². The van der Waals surface area contributed by atoms with Crippen molar-refractivity contribution in [1.29, 1.82) is 0 Å². The van der Waals surface area contributed by atoms with Gasteiger partial charge in [-0.05, 0) is 6.92 Å². The van der Waals surface area contributed by atoms with Crippen LogP contribution in [0.4, 0.5) is 5.82 Å². The Hall–Kier alpha value is -1.53. The molecule has 2 aromatic rings. The lowest BCUT2D eigenvalue weighted by atomic mass is 9.98. The molecule has 0 aliphatic heterocycles. The summed E-state index contributed by atoms with van der Waals surface area (Å²) in [5.41, 5.74) is 1.71. The van der Waals surface area contributed by atoms with Crippen LogP contribution in [0.25, 0.3) is 11.5 Å². The Labute approximate surface area is 129 Å². The van der Waals surface area contributed by atoms with E-state index in [2.05, 4.69) is 41.0 Å². The highest BCUT2D eigenvalue weighted by Crippen LogP contribution is 2.29. The van der Waals surface area contributed by atoms with E-state index >= 15 is 0 Å². The first-order chi connectivity index (χ1) is 9.94. The van der Waals surface area contributed by atoms with E-state index in [4.69, 9.17) is 4.74 Å². The number of ether oxygens (including phenoxy) is 1. The van der Waals surface area contributed by atoms with Crippen molar-refractivity contribution in [2.75, 3.05) is 19.0 Å². The lowest BCUT2D eigenvalue weighted by Crippen LogP contribution is -2.10. The predicted octanol–water partition coefficient (Wildman–Crippen LogP) is 3.48. The number of nitrogens with zero attached hydrogens (tertiary/aromatic N) is 3. The molecule has 0 radical (unpaired) electrons. The van der Waals surface area contributed by atoms with Crippen molar-refractivity contribution in [2.24, 2.45) is 0 Å². The minimum absolute atomic E-state index is 0.0392. The molecule has 2 aromatic heterocycles. The van der Waals surface area contributed by atoms with Gasteiger partial charge in [-0.2, -0.15) is 0 Å². The molecule has 0 fully saturated rings. The molecule has 114 valence electrons. The van der Waals surface area contributed by atoms with Gasteiger partial charge < -0.3 is 10.1 Å². The number of anilines is 1. The van der Waals surface area contributed by atoms with Crippen LogP contribution in [0, 0.1) is 0 Å². The summed E-state index contributed by atoms with van der Waals surface area (Å²) in [5, 5.41) is 6.32. The predicted molar refractivity (Wildman–Crippen MR) is 86.7 cm³/mol. The highest BCUT2D eigenvalue weighted by molar-refractivity contribution is 7.10. The van der Waals surface area contributed by atoms with E-state index in [9.17, 15) is 0 Å². The number of aromatic nitrogens is 3. The Morgan fingerprint density at radius 2 is 2.00 bits per heavy atom. The minimum Gasteiger partial charge on any atom is -0.378 e. The van der Waals surface area contributed by atoms with Crippen molar-refractivity contribution in [3.8, 4) is 11.5 Å². The second kappa shape index (κ2) is 6.49. The summed E-state index contributed by atoms with van der Waals surface area (Å²) in [7, 11) is 1.66. The summed E-state index contributed by atoms with van der Waals surface area (Å²) in [5.74, 6) is 1.45. The van der Waals surface area contributed by atoms with Gasteiger partial charge >= 0.3 is 0 Å². The fraction of sp³-hybridized carbons (Fsp3) is 0.533. The SMILES string of the molecule is CCNc1cc(COC)nc(-c2csc(C(C)(C)C)n2)n1. The molecule has 21 heavy (non-hydrogen) atoms. The second-order valence-electron chi connectivity index (χ2n) is 5.82. The van der Waals surface area contributed by atoms with Crippen LogP contribution in [0.5, 0.6) is 0 Å². The van der Waals surface area contributed by atoms with Gasteiger partial charge in [-0.25, -0.2) is 15.0 Å². The molecule has 1 N–H and O–H groups in total. The Morgan fingerprint density at radius 1 is 1.24 bits per heavy atom. The summed E-state index contributed by atoms with van der Waals surface area (Å²) in [6.45, 7) is 9.78. The Morgan fingerprint density at radius 3 is 2.57 bits per heavy atom. The van der Waals surface area contributed by atoms with Crippen LogP contribution in [-0.4, -0.2) is 28.6 Å². The molecule has 2 heterocycles. The topological polar surface area (TPSA) is 59.9 Å². The maximum Gasteiger partial charge on any atom is 0.181 e. The van der Waals surface area contributed by atoms with Crippen LogP contribution < -0.4 is 5.32 Å². The lowest BCUT2D eigenvalue weighted by Gasteiger charge is -2.13. The fourth-order valence-electron chi connectivity index (χ4n) is 1.83. The largest absolute Gasteiger partial charge is 0.378 e. The van der Waals surface area contributed by atoms with E-state index < -0.39 is 0 Å². The lowest BCUT2D eigenvalue weighted by molar-refractivity contribution is 0.181. The van der Waals surface area contributed by atoms with Crippen molar-refractivity contribution in [3.63, 3.8) is 0 Å². The highest BCUT2D eigenvalue weighted by Gasteiger charge is 2.19. The summed E-state index contributed by atoms with van der Waals surface area (Å²) < 4.78 is 5.18. The smallest absolute Gasteiger partial charge is 0.181 e. The Balaban J connectivity index is 2.39. The third-order valence-electron chi connectivity index (χ3n) is 2.80. The molecular weight excluding hydrogens is 284 g/mol. The Bertz CT molecular complexity index is 580. The van der Waals surface area contributed by atoms with E-state index in [0.29, 0.717) is 12.4 Å². The van der Waals surface area contributed by atoms with E-state index in [1.54, 1.807) is 18.4 Å². The number of hydrogen-bond donors (Lipinski definition) is 1. The number of hydrogen-bond acceptors (Lipinski definition) is 6. The monoisotopic (exact) mass is 306 g/mol. The van der Waals surface area contributed by atoms with Crippen molar-refractivity contribution >= 4 is 17.2 Å². The first kappa shape index (κ1) is 15.9. The molecule has 0 spiro atoms. The van der Waals surface area contributed by atoms with Gasteiger partial charge in [0, 0.05) is 30.5 Å². The van der Waals surface area contributed by atoms with Crippen LogP contribution >= 0.6 is 11.3 Å². The number of nitrogens with one attached hydrogen (secondary N) is 1. The van der Waals surface area contributed by atoms with Gasteiger partial charge in [0.1, 0.15) is 11.5 Å². The van der Waals surface area contributed by atoms with E-state index in [-0.39, 0.29) is 5.41 Å². The molecule has 0 unspecified atom stereocenters. The van der Waals surface area contributed by atoms with E-state index in [1.807, 2.05) is 18.4 Å². The van der Waals surface area contributed by atoms with Gasteiger partial charge in [-0.3, -0.25) is 0 Å². The first-order valence-electron chi connectivity index (χ1n) is 7.01. The third-order valence-corrected chi connectivity index (χ3v) is 4.07. The normalized spacial score (nSPS) is 11.7. The third kappa shape index (κ3) is 3.98. The molecular formula is C15H22N4OS. The number of rotatable bonds is 5. The average Bonchev–Trinajstić information content (AvgIpc) is 2.88. The van der Waals surface area contributed by atoms with Crippen molar-refractivity contribution in [3.05, 3.63) is 22.1 Å². The summed E-state index contributed by atoms with van der Waals surface area (Å²) in [4.78, 5) is 13.8. The van der Waals surface area contributed by atoms with Gasteiger partial charge in [0.25, 0.3) is 0 Å². The van der Waals surface area contributed by atoms with E-state index in [1.165, 1.54) is 0 Å². The molecule has 0 bridgehead atoms. The molecule has 0 saturated carbocycles. The van der Waals surface area contributed by atoms with Gasteiger partial charge in [0.05, 0.1) is 17.3 Å². The highest BCUT2D eigenvalue weighted by atomic mass is 32.1. The molecule has 2 rings (SSSR count). The molecule has 0 aliphatic rings. The zero-order valence-corrected chi connectivity index (χ0v) is 14.0. The zero-order chi connectivity index (χ0) is 15.5. The molecule has 0 atom stereocenters. The standard InChI is InChI=1S/C15H22N4OS/c1-6-16-12-7-10(8-20-5)17-13(19-12)11-9-21-14(18-11)15(2,3)4/h7,9H,6,8H2,1-5H3,(H,16,17,19). The number of methoxy groups -OCH3 is 1. The van der Waals surface area contributed by atoms with Crippen LogP contribution in [0.3, 0.4) is 0 Å². The molecule has 0 amide bonds. The quantitative estimate of drug-likeness (QED) is 0.916. The van der Waals surface area contributed by atoms with Crippen molar-refractivity contribution in [1.82, 2.24) is 15.0 Å². The van der Waals surface area contributed by atoms with Crippen LogP contribution in [-0.2, 0) is 16.8 Å². The molecule has 6 heteroatoms. The van der Waals surface area contributed by atoms with Crippen LogP contribution in [0.1, 0.15) is 38.4 Å². The molecule has 5 nitrogen and oxygen atoms in total. The molecule has 0 saturated heterocycles. The van der Waals surface area contributed by atoms with Crippen molar-refractivity contribution in [2.45, 2.75) is 39.7 Å². The van der Waals surface area contributed by atoms with Gasteiger partial charge in [0.15, 0.2) is 5.82 Å². The maximum atomic E-state index is 5.18.